The Morgan fingerprint density at radius 3 is 2.50 bits per heavy atom. The minimum atomic E-state index is 0.362. The van der Waals surface area contributed by atoms with Crippen LogP contribution in [0.3, 0.4) is 0 Å². The van der Waals surface area contributed by atoms with Crippen molar-refractivity contribution in [1.82, 2.24) is 15.0 Å². The van der Waals surface area contributed by atoms with Crippen molar-refractivity contribution in [3.05, 3.63) is 11.4 Å². The third-order valence-electron chi connectivity index (χ3n) is 1.76. The standard InChI is InChI=1S/C7H15N5/c1-5(2)7-6(3-8)10-11-12(7)4-9/h5H,3-4,8-9H2,1-2H3. The van der Waals surface area contributed by atoms with E-state index in [2.05, 4.69) is 24.2 Å². The van der Waals surface area contributed by atoms with Gasteiger partial charge in [-0.2, -0.15) is 0 Å². The maximum atomic E-state index is 5.50. The SMILES string of the molecule is CC(C)c1c(CN)nnn1CN. The van der Waals surface area contributed by atoms with Crippen LogP contribution in [0.2, 0.25) is 0 Å². The van der Waals surface area contributed by atoms with Crippen LogP contribution in [-0.4, -0.2) is 15.0 Å². The van der Waals surface area contributed by atoms with E-state index in [0.29, 0.717) is 19.1 Å². The maximum Gasteiger partial charge on any atom is 0.0997 e. The van der Waals surface area contributed by atoms with Crippen LogP contribution in [0.5, 0.6) is 0 Å². The first-order valence-corrected chi connectivity index (χ1v) is 4.03. The van der Waals surface area contributed by atoms with Crippen molar-refractivity contribution in [2.75, 3.05) is 0 Å². The smallest absolute Gasteiger partial charge is 0.0997 e. The quantitative estimate of drug-likeness (QED) is 0.655. The number of hydrogen-bond donors (Lipinski definition) is 2. The van der Waals surface area contributed by atoms with Crippen LogP contribution in [0.25, 0.3) is 0 Å². The number of nitrogens with zero attached hydrogens (tertiary/aromatic N) is 3. The Morgan fingerprint density at radius 2 is 2.08 bits per heavy atom. The van der Waals surface area contributed by atoms with E-state index in [4.69, 9.17) is 11.5 Å². The molecule has 0 saturated heterocycles. The molecule has 0 atom stereocenters. The minimum absolute atomic E-state index is 0.362. The Morgan fingerprint density at radius 1 is 1.42 bits per heavy atom. The van der Waals surface area contributed by atoms with Crippen molar-refractivity contribution in [2.24, 2.45) is 11.5 Å². The van der Waals surface area contributed by atoms with Crippen LogP contribution in [0.15, 0.2) is 0 Å². The topological polar surface area (TPSA) is 82.8 Å². The zero-order valence-corrected chi connectivity index (χ0v) is 7.49. The van der Waals surface area contributed by atoms with Gasteiger partial charge in [-0.15, -0.1) is 5.10 Å². The van der Waals surface area contributed by atoms with Crippen molar-refractivity contribution in [1.29, 1.82) is 0 Å². The summed E-state index contributed by atoms with van der Waals surface area (Å²) in [5.74, 6) is 0.363. The van der Waals surface area contributed by atoms with Gasteiger partial charge in [0.05, 0.1) is 18.1 Å². The molecule has 5 nitrogen and oxygen atoms in total. The summed E-state index contributed by atoms with van der Waals surface area (Å²) in [6, 6.07) is 0. The Balaban J connectivity index is 3.07. The van der Waals surface area contributed by atoms with E-state index in [1.54, 1.807) is 4.68 Å². The van der Waals surface area contributed by atoms with Crippen LogP contribution >= 0.6 is 0 Å². The molecule has 1 aromatic heterocycles. The van der Waals surface area contributed by atoms with Gasteiger partial charge in [-0.3, -0.25) is 0 Å². The molecule has 0 aliphatic heterocycles. The fourth-order valence-electron chi connectivity index (χ4n) is 1.27. The van der Waals surface area contributed by atoms with E-state index in [-0.39, 0.29) is 0 Å². The molecule has 0 bridgehead atoms. The molecule has 0 aliphatic carbocycles. The number of rotatable bonds is 3. The second-order valence-corrected chi connectivity index (χ2v) is 2.96. The number of hydrogen-bond acceptors (Lipinski definition) is 4. The highest BCUT2D eigenvalue weighted by atomic mass is 15.4. The molecule has 0 amide bonds. The van der Waals surface area contributed by atoms with Gasteiger partial charge in [0.25, 0.3) is 0 Å². The van der Waals surface area contributed by atoms with Gasteiger partial charge in [0, 0.05) is 6.54 Å². The lowest BCUT2D eigenvalue weighted by molar-refractivity contribution is 0.564. The Bertz CT molecular complexity index is 231. The maximum absolute atomic E-state index is 5.50. The molecule has 0 saturated carbocycles. The van der Waals surface area contributed by atoms with Gasteiger partial charge in [-0.1, -0.05) is 19.1 Å². The fourth-order valence-corrected chi connectivity index (χ4v) is 1.27. The third-order valence-corrected chi connectivity index (χ3v) is 1.76. The number of aromatic nitrogens is 3. The summed E-state index contributed by atoms with van der Waals surface area (Å²) < 4.78 is 1.69. The van der Waals surface area contributed by atoms with Crippen LogP contribution in [0.4, 0.5) is 0 Å². The third kappa shape index (κ3) is 1.46. The van der Waals surface area contributed by atoms with E-state index in [9.17, 15) is 0 Å². The van der Waals surface area contributed by atoms with E-state index in [0.717, 1.165) is 11.4 Å². The molecule has 0 fully saturated rings. The van der Waals surface area contributed by atoms with Gasteiger partial charge >= 0.3 is 0 Å². The zero-order chi connectivity index (χ0) is 9.14. The normalized spacial score (nSPS) is 11.1. The van der Waals surface area contributed by atoms with Crippen molar-refractivity contribution in [2.45, 2.75) is 33.0 Å². The van der Waals surface area contributed by atoms with E-state index < -0.39 is 0 Å². The van der Waals surface area contributed by atoms with E-state index in [1.165, 1.54) is 0 Å². The molecule has 0 aliphatic rings. The highest BCUT2D eigenvalue weighted by Crippen LogP contribution is 2.16. The molecule has 4 N–H and O–H groups in total. The zero-order valence-electron chi connectivity index (χ0n) is 7.49. The predicted molar refractivity (Wildman–Crippen MR) is 46.2 cm³/mol. The first kappa shape index (κ1) is 9.15. The van der Waals surface area contributed by atoms with Gasteiger partial charge in [-0.05, 0) is 5.92 Å². The lowest BCUT2D eigenvalue weighted by Crippen LogP contribution is -2.14. The van der Waals surface area contributed by atoms with Gasteiger partial charge in [0.15, 0.2) is 0 Å². The molecule has 68 valence electrons. The van der Waals surface area contributed by atoms with Crippen molar-refractivity contribution >= 4 is 0 Å². The second-order valence-electron chi connectivity index (χ2n) is 2.96. The summed E-state index contributed by atoms with van der Waals surface area (Å²) >= 11 is 0. The van der Waals surface area contributed by atoms with Gasteiger partial charge < -0.3 is 11.5 Å². The summed E-state index contributed by atoms with van der Waals surface area (Å²) in [5.41, 5.74) is 12.9. The Kier molecular flexibility index (Phi) is 2.78. The number of nitrogens with two attached hydrogens (primary N) is 2. The second kappa shape index (κ2) is 3.64. The van der Waals surface area contributed by atoms with Crippen LogP contribution in [-0.2, 0) is 13.2 Å². The van der Waals surface area contributed by atoms with Crippen molar-refractivity contribution < 1.29 is 0 Å². The Labute approximate surface area is 71.7 Å². The van der Waals surface area contributed by atoms with Crippen LogP contribution in [0, 0.1) is 0 Å². The monoisotopic (exact) mass is 169 g/mol. The van der Waals surface area contributed by atoms with Crippen LogP contribution in [0.1, 0.15) is 31.2 Å². The van der Waals surface area contributed by atoms with Crippen molar-refractivity contribution in [3.8, 4) is 0 Å². The summed E-state index contributed by atoms with van der Waals surface area (Å²) in [4.78, 5) is 0. The van der Waals surface area contributed by atoms with Gasteiger partial charge in [-0.25, -0.2) is 4.68 Å². The molecule has 0 spiro atoms. The largest absolute Gasteiger partial charge is 0.325 e. The van der Waals surface area contributed by atoms with Crippen LogP contribution < -0.4 is 11.5 Å². The molecular formula is C7H15N5. The lowest BCUT2D eigenvalue weighted by atomic mass is 10.1. The first-order chi connectivity index (χ1) is 5.70. The van der Waals surface area contributed by atoms with Gasteiger partial charge in [0.2, 0.25) is 0 Å². The molecule has 1 aromatic rings. The molecular weight excluding hydrogens is 154 g/mol. The summed E-state index contributed by atoms with van der Waals surface area (Å²) in [6.07, 6.45) is 0. The molecule has 0 radical (unpaired) electrons. The lowest BCUT2D eigenvalue weighted by Gasteiger charge is -2.07. The summed E-state index contributed by atoms with van der Waals surface area (Å²) in [6.45, 7) is 4.93. The highest BCUT2D eigenvalue weighted by Gasteiger charge is 2.13. The molecule has 0 aromatic carbocycles. The first-order valence-electron chi connectivity index (χ1n) is 4.03. The van der Waals surface area contributed by atoms with Crippen molar-refractivity contribution in [3.63, 3.8) is 0 Å². The fraction of sp³-hybridized carbons (Fsp3) is 0.714. The Hall–Kier alpha value is -0.940. The summed E-state index contributed by atoms with van der Waals surface area (Å²) in [5, 5.41) is 7.82. The average Bonchev–Trinajstić information content (AvgIpc) is 2.46. The van der Waals surface area contributed by atoms with E-state index in [1.807, 2.05) is 0 Å². The summed E-state index contributed by atoms with van der Waals surface area (Å²) in [7, 11) is 0. The molecule has 0 unspecified atom stereocenters. The molecule has 5 heteroatoms. The molecule has 1 rings (SSSR count). The highest BCUT2D eigenvalue weighted by molar-refractivity contribution is 5.13. The van der Waals surface area contributed by atoms with E-state index >= 15 is 0 Å². The average molecular weight is 169 g/mol. The molecule has 12 heavy (non-hydrogen) atoms. The predicted octanol–water partition coefficient (Wildman–Crippen LogP) is -0.224. The minimum Gasteiger partial charge on any atom is -0.325 e. The van der Waals surface area contributed by atoms with Gasteiger partial charge in [0.1, 0.15) is 0 Å². The molecule has 1 heterocycles.